The molecule has 25 heavy (non-hydrogen) atoms. The molecule has 0 aliphatic rings. The van der Waals surface area contributed by atoms with E-state index in [1.807, 2.05) is 20.1 Å². The van der Waals surface area contributed by atoms with Crippen LogP contribution in [0.4, 0.5) is 15.9 Å². The van der Waals surface area contributed by atoms with Gasteiger partial charge in [-0.2, -0.15) is 0 Å². The van der Waals surface area contributed by atoms with Crippen LogP contribution in [0.25, 0.3) is 0 Å². The average molecular weight is 363 g/mol. The number of hydrogen-bond donors (Lipinski definition) is 2. The van der Waals surface area contributed by atoms with E-state index < -0.39 is 5.67 Å². The standard InChI is InChI=1S/C17H22FN5OS/c1-10(2)21-15(24)12-9-20-16(25-5)23-14(12)22-11-6-7-19-13(8-11)17(3,4)18/h6-10H,1-5H3,(H,21,24)(H,19,20,22,23). The van der Waals surface area contributed by atoms with Crippen molar-refractivity contribution in [2.45, 2.75) is 44.6 Å². The van der Waals surface area contributed by atoms with Gasteiger partial charge in [0.2, 0.25) is 0 Å². The molecule has 0 atom stereocenters. The molecule has 2 heterocycles. The first-order valence-electron chi connectivity index (χ1n) is 7.85. The molecule has 0 aromatic carbocycles. The number of rotatable bonds is 6. The molecule has 134 valence electrons. The molecule has 2 rings (SSSR count). The second-order valence-electron chi connectivity index (χ2n) is 6.27. The van der Waals surface area contributed by atoms with Crippen LogP contribution in [0.1, 0.15) is 43.7 Å². The van der Waals surface area contributed by atoms with Crippen LogP contribution in [0.3, 0.4) is 0 Å². The second-order valence-corrected chi connectivity index (χ2v) is 7.05. The van der Waals surface area contributed by atoms with Crippen molar-refractivity contribution in [1.29, 1.82) is 0 Å². The average Bonchev–Trinajstić information content (AvgIpc) is 2.53. The summed E-state index contributed by atoms with van der Waals surface area (Å²) >= 11 is 1.37. The van der Waals surface area contributed by atoms with E-state index in [1.165, 1.54) is 38.0 Å². The Kier molecular flexibility index (Phi) is 5.94. The normalized spacial score (nSPS) is 11.5. The predicted octanol–water partition coefficient (Wildman–Crippen LogP) is 3.68. The quantitative estimate of drug-likeness (QED) is 0.602. The summed E-state index contributed by atoms with van der Waals surface area (Å²) in [6, 6.07) is 3.28. The van der Waals surface area contributed by atoms with Gasteiger partial charge in [0.1, 0.15) is 17.1 Å². The zero-order valence-electron chi connectivity index (χ0n) is 14.9. The van der Waals surface area contributed by atoms with E-state index in [-0.39, 0.29) is 11.9 Å². The third-order valence-electron chi connectivity index (χ3n) is 3.25. The number of anilines is 2. The van der Waals surface area contributed by atoms with Gasteiger partial charge in [0.05, 0.1) is 5.69 Å². The van der Waals surface area contributed by atoms with Gasteiger partial charge in [0, 0.05) is 24.1 Å². The Hall–Kier alpha value is -2.22. The lowest BCUT2D eigenvalue weighted by Gasteiger charge is -2.16. The van der Waals surface area contributed by atoms with Gasteiger partial charge in [0.25, 0.3) is 5.91 Å². The number of thioether (sulfide) groups is 1. The summed E-state index contributed by atoms with van der Waals surface area (Å²) in [5.74, 6) is 0.0940. The molecule has 2 aromatic rings. The zero-order chi connectivity index (χ0) is 18.6. The molecule has 2 N–H and O–H groups in total. The first kappa shape index (κ1) is 19.1. The van der Waals surface area contributed by atoms with Crippen LogP contribution in [-0.4, -0.2) is 33.2 Å². The molecule has 0 radical (unpaired) electrons. The molecular formula is C17H22FN5OS. The Bertz CT molecular complexity index is 761. The Balaban J connectivity index is 2.39. The van der Waals surface area contributed by atoms with E-state index in [9.17, 15) is 9.18 Å². The molecule has 2 aromatic heterocycles. The number of pyridine rings is 1. The van der Waals surface area contributed by atoms with Crippen molar-refractivity contribution in [1.82, 2.24) is 20.3 Å². The fourth-order valence-electron chi connectivity index (χ4n) is 2.04. The smallest absolute Gasteiger partial charge is 0.256 e. The van der Waals surface area contributed by atoms with Crippen LogP contribution < -0.4 is 10.6 Å². The number of halogens is 1. The predicted molar refractivity (Wildman–Crippen MR) is 98.1 cm³/mol. The van der Waals surface area contributed by atoms with Crippen molar-refractivity contribution in [2.24, 2.45) is 0 Å². The van der Waals surface area contributed by atoms with E-state index in [4.69, 9.17) is 0 Å². The highest BCUT2D eigenvalue weighted by Gasteiger charge is 2.21. The minimum Gasteiger partial charge on any atom is -0.350 e. The number of amides is 1. The first-order valence-corrected chi connectivity index (χ1v) is 9.07. The summed E-state index contributed by atoms with van der Waals surface area (Å²) < 4.78 is 14.1. The van der Waals surface area contributed by atoms with Crippen LogP contribution in [-0.2, 0) is 5.67 Å². The second kappa shape index (κ2) is 7.77. The molecule has 0 saturated carbocycles. The number of alkyl halides is 1. The largest absolute Gasteiger partial charge is 0.350 e. The van der Waals surface area contributed by atoms with Crippen molar-refractivity contribution in [3.8, 4) is 0 Å². The highest BCUT2D eigenvalue weighted by molar-refractivity contribution is 7.98. The summed E-state index contributed by atoms with van der Waals surface area (Å²) in [5.41, 5.74) is -0.347. The lowest BCUT2D eigenvalue weighted by Crippen LogP contribution is -2.31. The molecule has 0 fully saturated rings. The SMILES string of the molecule is CSc1ncc(C(=O)NC(C)C)c(Nc2ccnc(C(C)(C)F)c2)n1. The number of hydrogen-bond acceptors (Lipinski definition) is 6. The number of nitrogens with one attached hydrogen (secondary N) is 2. The molecule has 0 spiro atoms. The Morgan fingerprint density at radius 1 is 1.32 bits per heavy atom. The van der Waals surface area contributed by atoms with Gasteiger partial charge >= 0.3 is 0 Å². The maximum absolute atomic E-state index is 14.1. The summed E-state index contributed by atoms with van der Waals surface area (Å²) in [6.45, 7) is 6.63. The maximum Gasteiger partial charge on any atom is 0.256 e. The highest BCUT2D eigenvalue weighted by atomic mass is 32.2. The highest BCUT2D eigenvalue weighted by Crippen LogP contribution is 2.27. The molecule has 6 nitrogen and oxygen atoms in total. The number of aromatic nitrogens is 3. The molecule has 8 heteroatoms. The minimum atomic E-state index is -1.56. The Morgan fingerprint density at radius 3 is 2.64 bits per heavy atom. The van der Waals surface area contributed by atoms with E-state index in [1.54, 1.807) is 12.1 Å². The summed E-state index contributed by atoms with van der Waals surface area (Å²) in [6.07, 6.45) is 4.85. The summed E-state index contributed by atoms with van der Waals surface area (Å²) in [4.78, 5) is 25.0. The Labute approximate surface area is 151 Å². The van der Waals surface area contributed by atoms with Crippen LogP contribution in [0.2, 0.25) is 0 Å². The van der Waals surface area contributed by atoms with Crippen molar-refractivity contribution in [3.05, 3.63) is 35.8 Å². The van der Waals surface area contributed by atoms with E-state index >= 15 is 0 Å². The van der Waals surface area contributed by atoms with Crippen molar-refractivity contribution in [3.63, 3.8) is 0 Å². The topological polar surface area (TPSA) is 79.8 Å². The Morgan fingerprint density at radius 2 is 2.04 bits per heavy atom. The molecule has 0 aliphatic heterocycles. The lowest BCUT2D eigenvalue weighted by molar-refractivity contribution is 0.0943. The van der Waals surface area contributed by atoms with Crippen LogP contribution in [0.5, 0.6) is 0 Å². The van der Waals surface area contributed by atoms with Crippen LogP contribution in [0, 0.1) is 0 Å². The number of carbonyl (C=O) groups is 1. The number of carbonyl (C=O) groups excluding carboxylic acids is 1. The molecule has 0 saturated heterocycles. The van der Waals surface area contributed by atoms with Gasteiger partial charge in [-0.25, -0.2) is 14.4 Å². The van der Waals surface area contributed by atoms with Gasteiger partial charge in [0.15, 0.2) is 5.16 Å². The molecule has 1 amide bonds. The van der Waals surface area contributed by atoms with Gasteiger partial charge in [-0.1, -0.05) is 11.8 Å². The maximum atomic E-state index is 14.1. The van der Waals surface area contributed by atoms with E-state index in [0.717, 1.165) is 0 Å². The van der Waals surface area contributed by atoms with E-state index in [2.05, 4.69) is 25.6 Å². The fourth-order valence-corrected chi connectivity index (χ4v) is 2.38. The third kappa shape index (κ3) is 5.12. The molecule has 0 aliphatic carbocycles. The zero-order valence-corrected chi connectivity index (χ0v) is 15.7. The summed E-state index contributed by atoms with van der Waals surface area (Å²) in [7, 11) is 0. The van der Waals surface area contributed by atoms with Crippen molar-refractivity contribution >= 4 is 29.2 Å². The molecule has 0 unspecified atom stereocenters. The summed E-state index contributed by atoms with van der Waals surface area (Å²) in [5, 5.41) is 6.43. The van der Waals surface area contributed by atoms with Gasteiger partial charge in [-0.3, -0.25) is 9.78 Å². The first-order chi connectivity index (χ1) is 11.7. The fraction of sp³-hybridized carbons (Fsp3) is 0.412. The number of nitrogens with zero attached hydrogens (tertiary/aromatic N) is 3. The van der Waals surface area contributed by atoms with Crippen molar-refractivity contribution < 1.29 is 9.18 Å². The lowest BCUT2D eigenvalue weighted by atomic mass is 10.1. The minimum absolute atomic E-state index is 0.0135. The van der Waals surface area contributed by atoms with Crippen LogP contribution >= 0.6 is 11.8 Å². The van der Waals surface area contributed by atoms with Crippen LogP contribution in [0.15, 0.2) is 29.7 Å². The van der Waals surface area contributed by atoms with Gasteiger partial charge < -0.3 is 10.6 Å². The van der Waals surface area contributed by atoms with Gasteiger partial charge in [-0.15, -0.1) is 0 Å². The molecular weight excluding hydrogens is 341 g/mol. The monoisotopic (exact) mass is 363 g/mol. The third-order valence-corrected chi connectivity index (χ3v) is 3.81. The molecule has 0 bridgehead atoms. The van der Waals surface area contributed by atoms with Crippen molar-refractivity contribution in [2.75, 3.05) is 11.6 Å². The van der Waals surface area contributed by atoms with E-state index in [0.29, 0.717) is 27.9 Å². The van der Waals surface area contributed by atoms with Gasteiger partial charge in [-0.05, 0) is 46.1 Å².